The highest BCUT2D eigenvalue weighted by Gasteiger charge is 2.16. The van der Waals surface area contributed by atoms with Gasteiger partial charge in [-0.3, -0.25) is 4.68 Å². The lowest BCUT2D eigenvalue weighted by molar-refractivity contribution is 0.631. The lowest BCUT2D eigenvalue weighted by atomic mass is 10.1. The van der Waals surface area contributed by atoms with Crippen molar-refractivity contribution in [1.82, 2.24) is 9.78 Å². The summed E-state index contributed by atoms with van der Waals surface area (Å²) in [4.78, 5) is 1.20. The minimum atomic E-state index is 0.194. The van der Waals surface area contributed by atoms with Crippen LogP contribution < -0.4 is 5.73 Å². The molecule has 2 rings (SSSR count). The third-order valence-electron chi connectivity index (χ3n) is 3.29. The molecule has 1 atom stereocenters. The summed E-state index contributed by atoms with van der Waals surface area (Å²) in [7, 11) is 1.99. The number of nitrogens with two attached hydrogens (primary N) is 1. The third-order valence-corrected chi connectivity index (χ3v) is 4.98. The van der Waals surface area contributed by atoms with E-state index in [0.29, 0.717) is 0 Å². The summed E-state index contributed by atoms with van der Waals surface area (Å²) >= 11 is 5.26. The number of rotatable bonds is 5. The topological polar surface area (TPSA) is 43.8 Å². The van der Waals surface area contributed by atoms with Crippen molar-refractivity contribution in [3.63, 3.8) is 0 Å². The monoisotopic (exact) mass is 353 g/mol. The van der Waals surface area contributed by atoms with Gasteiger partial charge in [0.25, 0.3) is 0 Å². The van der Waals surface area contributed by atoms with Crippen LogP contribution in [0.25, 0.3) is 0 Å². The van der Waals surface area contributed by atoms with Crippen molar-refractivity contribution in [3.05, 3.63) is 40.0 Å². The first kappa shape index (κ1) is 15.6. The van der Waals surface area contributed by atoms with Crippen LogP contribution in [-0.2, 0) is 13.5 Å². The molecule has 108 valence electrons. The number of aryl methyl sites for hydroxylation is 2. The van der Waals surface area contributed by atoms with Gasteiger partial charge < -0.3 is 5.73 Å². The molecule has 2 aromatic rings. The lowest BCUT2D eigenvalue weighted by Gasteiger charge is -2.11. The van der Waals surface area contributed by atoms with Gasteiger partial charge in [-0.25, -0.2) is 0 Å². The zero-order chi connectivity index (χ0) is 14.7. The van der Waals surface area contributed by atoms with Gasteiger partial charge in [0.1, 0.15) is 5.03 Å². The normalized spacial score (nSPS) is 12.7. The van der Waals surface area contributed by atoms with Gasteiger partial charge in [0, 0.05) is 28.0 Å². The second-order valence-corrected chi connectivity index (χ2v) is 6.90. The number of benzene rings is 1. The molecule has 5 heteroatoms. The molecular weight excluding hydrogens is 334 g/mol. The number of hydrogen-bond donors (Lipinski definition) is 1. The second kappa shape index (κ2) is 6.78. The fourth-order valence-electron chi connectivity index (χ4n) is 2.09. The van der Waals surface area contributed by atoms with Gasteiger partial charge in [0.2, 0.25) is 0 Å². The SMILES string of the molecule is CCC(N)Cc1c(C)nn(C)c1Sc1cccc(Br)c1. The molecule has 0 amide bonds. The summed E-state index contributed by atoms with van der Waals surface area (Å²) in [6.07, 6.45) is 1.86. The molecule has 1 heterocycles. The van der Waals surface area contributed by atoms with Gasteiger partial charge >= 0.3 is 0 Å². The molecule has 0 radical (unpaired) electrons. The Morgan fingerprint density at radius 2 is 2.20 bits per heavy atom. The lowest BCUT2D eigenvalue weighted by Crippen LogP contribution is -2.21. The van der Waals surface area contributed by atoms with E-state index in [4.69, 9.17) is 5.73 Å². The molecule has 0 aliphatic heterocycles. The van der Waals surface area contributed by atoms with Gasteiger partial charge in [-0.05, 0) is 38.0 Å². The number of aromatic nitrogens is 2. The van der Waals surface area contributed by atoms with Crippen LogP contribution in [0, 0.1) is 6.92 Å². The van der Waals surface area contributed by atoms with Crippen LogP contribution in [0.5, 0.6) is 0 Å². The van der Waals surface area contributed by atoms with Crippen molar-refractivity contribution in [3.8, 4) is 0 Å². The van der Waals surface area contributed by atoms with E-state index >= 15 is 0 Å². The van der Waals surface area contributed by atoms with E-state index in [1.54, 1.807) is 11.8 Å². The average molecular weight is 354 g/mol. The van der Waals surface area contributed by atoms with E-state index in [0.717, 1.165) is 23.0 Å². The predicted octanol–water partition coefficient (Wildman–Crippen LogP) is 3.92. The van der Waals surface area contributed by atoms with Gasteiger partial charge in [-0.1, -0.05) is 40.7 Å². The Bertz CT molecular complexity index is 595. The maximum Gasteiger partial charge on any atom is 0.102 e. The standard InChI is InChI=1S/C15H20BrN3S/c1-4-12(17)9-14-10(2)18-19(3)15(14)20-13-7-5-6-11(16)8-13/h5-8,12H,4,9,17H2,1-3H3. The Balaban J connectivity index is 2.31. The number of halogens is 1. The molecule has 1 aromatic carbocycles. The van der Waals surface area contributed by atoms with E-state index in [1.807, 2.05) is 23.9 Å². The minimum Gasteiger partial charge on any atom is -0.327 e. The first-order chi connectivity index (χ1) is 9.51. The van der Waals surface area contributed by atoms with Crippen LogP contribution in [-0.4, -0.2) is 15.8 Å². The van der Waals surface area contributed by atoms with Crippen LogP contribution in [0.15, 0.2) is 38.7 Å². The summed E-state index contributed by atoms with van der Waals surface area (Å²) in [5.74, 6) is 0. The first-order valence-electron chi connectivity index (χ1n) is 6.72. The van der Waals surface area contributed by atoms with Crippen molar-refractivity contribution in [2.24, 2.45) is 12.8 Å². The quantitative estimate of drug-likeness (QED) is 0.885. The van der Waals surface area contributed by atoms with Crippen LogP contribution in [0.2, 0.25) is 0 Å². The second-order valence-electron chi connectivity index (χ2n) is 4.92. The predicted molar refractivity (Wildman–Crippen MR) is 88.2 cm³/mol. The van der Waals surface area contributed by atoms with Crippen LogP contribution in [0.1, 0.15) is 24.6 Å². The minimum absolute atomic E-state index is 0.194. The molecule has 3 nitrogen and oxygen atoms in total. The molecule has 1 aromatic heterocycles. The van der Waals surface area contributed by atoms with E-state index in [-0.39, 0.29) is 6.04 Å². The molecular formula is C15H20BrN3S. The molecule has 0 spiro atoms. The van der Waals surface area contributed by atoms with Crippen LogP contribution in [0.4, 0.5) is 0 Å². The van der Waals surface area contributed by atoms with E-state index in [2.05, 4.69) is 47.0 Å². The Kier molecular flexibility index (Phi) is 5.29. The molecule has 0 saturated heterocycles. The summed E-state index contributed by atoms with van der Waals surface area (Å²) in [5, 5.41) is 5.73. The highest BCUT2D eigenvalue weighted by molar-refractivity contribution is 9.10. The largest absolute Gasteiger partial charge is 0.327 e. The molecule has 0 saturated carbocycles. The van der Waals surface area contributed by atoms with Gasteiger partial charge in [0.05, 0.1) is 5.69 Å². The van der Waals surface area contributed by atoms with Gasteiger partial charge in [0.15, 0.2) is 0 Å². The first-order valence-corrected chi connectivity index (χ1v) is 8.33. The molecule has 2 N–H and O–H groups in total. The zero-order valence-electron chi connectivity index (χ0n) is 12.1. The van der Waals surface area contributed by atoms with Crippen LogP contribution >= 0.6 is 27.7 Å². The van der Waals surface area contributed by atoms with Crippen LogP contribution in [0.3, 0.4) is 0 Å². The maximum absolute atomic E-state index is 6.12. The Morgan fingerprint density at radius 3 is 2.85 bits per heavy atom. The summed E-state index contributed by atoms with van der Waals surface area (Å²) < 4.78 is 3.05. The van der Waals surface area contributed by atoms with Crippen molar-refractivity contribution < 1.29 is 0 Å². The highest BCUT2D eigenvalue weighted by Crippen LogP contribution is 2.33. The third kappa shape index (κ3) is 3.65. The molecule has 0 fully saturated rings. The highest BCUT2D eigenvalue weighted by atomic mass is 79.9. The summed E-state index contributed by atoms with van der Waals surface area (Å²) in [6.45, 7) is 4.18. The van der Waals surface area contributed by atoms with Crippen molar-refractivity contribution in [1.29, 1.82) is 0 Å². The van der Waals surface area contributed by atoms with Crippen molar-refractivity contribution >= 4 is 27.7 Å². The van der Waals surface area contributed by atoms with E-state index < -0.39 is 0 Å². The van der Waals surface area contributed by atoms with Crippen molar-refractivity contribution in [2.45, 2.75) is 42.7 Å². The molecule has 20 heavy (non-hydrogen) atoms. The molecule has 0 aliphatic carbocycles. The Labute approximate surface area is 133 Å². The smallest absolute Gasteiger partial charge is 0.102 e. The Hall–Kier alpha value is -0.780. The van der Waals surface area contributed by atoms with Crippen molar-refractivity contribution in [2.75, 3.05) is 0 Å². The Morgan fingerprint density at radius 1 is 1.45 bits per heavy atom. The van der Waals surface area contributed by atoms with E-state index in [1.165, 1.54) is 15.5 Å². The zero-order valence-corrected chi connectivity index (χ0v) is 14.5. The molecule has 1 unspecified atom stereocenters. The fourth-order valence-corrected chi connectivity index (χ4v) is 3.73. The number of nitrogens with zero attached hydrogens (tertiary/aromatic N) is 2. The maximum atomic E-state index is 6.12. The van der Waals surface area contributed by atoms with E-state index in [9.17, 15) is 0 Å². The fraction of sp³-hybridized carbons (Fsp3) is 0.400. The molecule has 0 bridgehead atoms. The molecule has 0 aliphatic rings. The number of hydrogen-bond acceptors (Lipinski definition) is 3. The van der Waals surface area contributed by atoms with Gasteiger partial charge in [-0.2, -0.15) is 5.10 Å². The summed E-state index contributed by atoms with van der Waals surface area (Å²) in [6, 6.07) is 8.51. The average Bonchev–Trinajstić information content (AvgIpc) is 2.65. The summed E-state index contributed by atoms with van der Waals surface area (Å²) in [5.41, 5.74) is 8.46. The van der Waals surface area contributed by atoms with Gasteiger partial charge in [-0.15, -0.1) is 0 Å².